The number of oxazole rings is 1. The van der Waals surface area contributed by atoms with Crippen molar-refractivity contribution in [1.82, 2.24) is 9.88 Å². The van der Waals surface area contributed by atoms with Crippen molar-refractivity contribution in [3.05, 3.63) is 62.6 Å². The SMILES string of the molecule is CCCCOc1ccc(CNC(=O)Cn2c(=O)oc3cc([N+](=O)[O-])ccc32)cc1OC. The third kappa shape index (κ3) is 5.21. The highest BCUT2D eigenvalue weighted by Crippen LogP contribution is 2.28. The van der Waals surface area contributed by atoms with Gasteiger partial charge < -0.3 is 19.2 Å². The van der Waals surface area contributed by atoms with Crippen LogP contribution in [0.25, 0.3) is 11.1 Å². The molecule has 0 aliphatic rings. The summed E-state index contributed by atoms with van der Waals surface area (Å²) in [6, 6.07) is 9.18. The van der Waals surface area contributed by atoms with E-state index in [4.69, 9.17) is 13.9 Å². The lowest BCUT2D eigenvalue weighted by atomic mass is 10.2. The predicted octanol–water partition coefficient (Wildman–Crippen LogP) is 3.01. The third-order valence-electron chi connectivity index (χ3n) is 4.64. The Labute approximate surface area is 177 Å². The van der Waals surface area contributed by atoms with Crippen LogP contribution in [0, 0.1) is 10.1 Å². The maximum absolute atomic E-state index is 12.4. The van der Waals surface area contributed by atoms with Gasteiger partial charge in [-0.3, -0.25) is 19.5 Å². The van der Waals surface area contributed by atoms with Gasteiger partial charge in [0.15, 0.2) is 17.1 Å². The molecular weight excluding hydrogens is 406 g/mol. The molecule has 0 fully saturated rings. The van der Waals surface area contributed by atoms with E-state index in [0.29, 0.717) is 23.6 Å². The van der Waals surface area contributed by atoms with Gasteiger partial charge >= 0.3 is 5.76 Å². The van der Waals surface area contributed by atoms with Crippen LogP contribution >= 0.6 is 0 Å². The van der Waals surface area contributed by atoms with Gasteiger partial charge in [0.2, 0.25) is 5.91 Å². The van der Waals surface area contributed by atoms with E-state index in [9.17, 15) is 19.7 Å². The molecule has 164 valence electrons. The smallest absolute Gasteiger partial charge is 0.420 e. The fourth-order valence-corrected chi connectivity index (χ4v) is 2.99. The molecule has 0 saturated carbocycles. The summed E-state index contributed by atoms with van der Waals surface area (Å²) in [4.78, 5) is 34.7. The molecule has 1 aromatic heterocycles. The van der Waals surface area contributed by atoms with Crippen molar-refractivity contribution in [2.45, 2.75) is 32.9 Å². The summed E-state index contributed by atoms with van der Waals surface area (Å²) in [6.45, 7) is 2.62. The largest absolute Gasteiger partial charge is 0.493 e. The second kappa shape index (κ2) is 9.79. The minimum absolute atomic E-state index is 0.0513. The van der Waals surface area contributed by atoms with E-state index < -0.39 is 16.6 Å². The van der Waals surface area contributed by atoms with Gasteiger partial charge in [-0.15, -0.1) is 0 Å². The van der Waals surface area contributed by atoms with E-state index in [1.807, 2.05) is 6.07 Å². The number of nitro benzene ring substituents is 1. The number of carbonyl (C=O) groups excluding carboxylic acids is 1. The fraction of sp³-hybridized carbons (Fsp3) is 0.333. The molecule has 31 heavy (non-hydrogen) atoms. The van der Waals surface area contributed by atoms with Crippen molar-refractivity contribution in [3.8, 4) is 11.5 Å². The molecule has 0 aliphatic carbocycles. The second-order valence-electron chi connectivity index (χ2n) is 6.83. The summed E-state index contributed by atoms with van der Waals surface area (Å²) in [5.41, 5.74) is 0.957. The van der Waals surface area contributed by atoms with Crippen LogP contribution in [0.5, 0.6) is 11.5 Å². The minimum Gasteiger partial charge on any atom is -0.493 e. The number of nitrogens with one attached hydrogen (secondary N) is 1. The number of non-ortho nitro benzene ring substituents is 1. The van der Waals surface area contributed by atoms with Crippen LogP contribution in [0.15, 0.2) is 45.6 Å². The van der Waals surface area contributed by atoms with E-state index in [1.54, 1.807) is 19.2 Å². The maximum atomic E-state index is 12.4. The number of carbonyl (C=O) groups is 1. The molecule has 0 spiro atoms. The summed E-state index contributed by atoms with van der Waals surface area (Å²) >= 11 is 0. The Kier molecular flexibility index (Phi) is 6.91. The van der Waals surface area contributed by atoms with Crippen LogP contribution in [0.2, 0.25) is 0 Å². The summed E-state index contributed by atoms with van der Waals surface area (Å²) in [7, 11) is 1.55. The van der Waals surface area contributed by atoms with Crippen LogP contribution in [-0.2, 0) is 17.9 Å². The number of aromatic nitrogens is 1. The van der Waals surface area contributed by atoms with Crippen LogP contribution < -0.4 is 20.5 Å². The number of fused-ring (bicyclic) bond motifs is 1. The Hall–Kier alpha value is -3.82. The highest BCUT2D eigenvalue weighted by Gasteiger charge is 2.16. The zero-order valence-electron chi connectivity index (χ0n) is 17.3. The topological polar surface area (TPSA) is 126 Å². The first kappa shape index (κ1) is 21.9. The summed E-state index contributed by atoms with van der Waals surface area (Å²) < 4.78 is 17.2. The zero-order valence-corrected chi connectivity index (χ0v) is 17.3. The number of methoxy groups -OCH3 is 1. The lowest BCUT2D eigenvalue weighted by molar-refractivity contribution is -0.384. The van der Waals surface area contributed by atoms with Crippen molar-refractivity contribution in [2.75, 3.05) is 13.7 Å². The molecule has 0 atom stereocenters. The Morgan fingerprint density at radius 2 is 2.03 bits per heavy atom. The van der Waals surface area contributed by atoms with Crippen LogP contribution in [0.1, 0.15) is 25.3 Å². The summed E-state index contributed by atoms with van der Waals surface area (Å²) in [5.74, 6) is 0.0318. The van der Waals surface area contributed by atoms with Crippen molar-refractivity contribution in [2.24, 2.45) is 0 Å². The van der Waals surface area contributed by atoms with Crippen molar-refractivity contribution >= 4 is 22.7 Å². The molecule has 2 aromatic carbocycles. The van der Waals surface area contributed by atoms with E-state index in [0.717, 1.165) is 29.0 Å². The molecule has 1 N–H and O–H groups in total. The van der Waals surface area contributed by atoms with Crippen LogP contribution in [0.4, 0.5) is 5.69 Å². The monoisotopic (exact) mass is 429 g/mol. The molecule has 10 heteroatoms. The first-order valence-electron chi connectivity index (χ1n) is 9.77. The van der Waals surface area contributed by atoms with Crippen molar-refractivity contribution < 1.29 is 23.6 Å². The van der Waals surface area contributed by atoms with E-state index in [2.05, 4.69) is 12.2 Å². The molecule has 3 rings (SSSR count). The Morgan fingerprint density at radius 3 is 2.74 bits per heavy atom. The molecule has 1 amide bonds. The molecule has 0 saturated heterocycles. The highest BCUT2D eigenvalue weighted by atomic mass is 16.6. The molecule has 3 aromatic rings. The number of unbranched alkanes of at least 4 members (excludes halogenated alkanes) is 1. The number of nitro groups is 1. The molecular formula is C21H23N3O7. The molecule has 0 unspecified atom stereocenters. The number of hydrogen-bond donors (Lipinski definition) is 1. The molecule has 0 radical (unpaired) electrons. The Morgan fingerprint density at radius 1 is 1.23 bits per heavy atom. The molecule has 10 nitrogen and oxygen atoms in total. The maximum Gasteiger partial charge on any atom is 0.420 e. The van der Waals surface area contributed by atoms with Gasteiger partial charge in [-0.05, 0) is 30.2 Å². The van der Waals surface area contributed by atoms with Gasteiger partial charge in [0.25, 0.3) is 5.69 Å². The first-order valence-corrected chi connectivity index (χ1v) is 9.77. The fourth-order valence-electron chi connectivity index (χ4n) is 2.99. The van der Waals surface area contributed by atoms with Crippen molar-refractivity contribution in [3.63, 3.8) is 0 Å². The number of benzene rings is 2. The quantitative estimate of drug-likeness (QED) is 0.298. The van der Waals surface area contributed by atoms with Gasteiger partial charge in [0.1, 0.15) is 6.54 Å². The van der Waals surface area contributed by atoms with Crippen LogP contribution in [0.3, 0.4) is 0 Å². The number of ether oxygens (including phenoxy) is 2. The average Bonchev–Trinajstić information content (AvgIpc) is 3.07. The second-order valence-corrected chi connectivity index (χ2v) is 6.83. The van der Waals surface area contributed by atoms with Crippen molar-refractivity contribution in [1.29, 1.82) is 0 Å². The molecule has 0 bridgehead atoms. The minimum atomic E-state index is -0.763. The number of rotatable bonds is 10. The zero-order chi connectivity index (χ0) is 22.4. The summed E-state index contributed by atoms with van der Waals surface area (Å²) in [5, 5.41) is 13.6. The predicted molar refractivity (Wildman–Crippen MR) is 112 cm³/mol. The molecule has 1 heterocycles. The van der Waals surface area contributed by atoms with E-state index in [1.165, 1.54) is 12.1 Å². The third-order valence-corrected chi connectivity index (χ3v) is 4.64. The van der Waals surface area contributed by atoms with Gasteiger partial charge in [0, 0.05) is 12.6 Å². The van der Waals surface area contributed by atoms with Gasteiger partial charge in [-0.1, -0.05) is 19.4 Å². The van der Waals surface area contributed by atoms with Crippen LogP contribution in [-0.4, -0.2) is 29.1 Å². The van der Waals surface area contributed by atoms with E-state index >= 15 is 0 Å². The Bertz CT molecular complexity index is 1150. The number of hydrogen-bond acceptors (Lipinski definition) is 7. The van der Waals surface area contributed by atoms with E-state index in [-0.39, 0.29) is 24.4 Å². The van der Waals surface area contributed by atoms with Gasteiger partial charge in [-0.25, -0.2) is 4.79 Å². The number of amides is 1. The number of nitrogens with zero attached hydrogens (tertiary/aromatic N) is 2. The first-order chi connectivity index (χ1) is 14.9. The highest BCUT2D eigenvalue weighted by molar-refractivity contribution is 5.80. The lowest BCUT2D eigenvalue weighted by Gasteiger charge is -2.12. The molecule has 0 aliphatic heterocycles. The Balaban J connectivity index is 1.66. The van der Waals surface area contributed by atoms with Gasteiger partial charge in [-0.2, -0.15) is 0 Å². The normalized spacial score (nSPS) is 10.8. The van der Waals surface area contributed by atoms with Gasteiger partial charge in [0.05, 0.1) is 30.2 Å². The summed E-state index contributed by atoms with van der Waals surface area (Å²) in [6.07, 6.45) is 1.97. The standard InChI is InChI=1S/C21H23N3O7/c1-3-4-9-30-17-8-5-14(10-19(17)29-2)12-22-20(25)13-23-16-7-6-15(24(27)28)11-18(16)31-21(23)26/h5-8,10-11H,3-4,9,12-13H2,1-2H3,(H,22,25). The lowest BCUT2D eigenvalue weighted by Crippen LogP contribution is -2.30. The average molecular weight is 429 g/mol.